The van der Waals surface area contributed by atoms with E-state index in [1.165, 1.54) is 11.1 Å². The van der Waals surface area contributed by atoms with Gasteiger partial charge in [0, 0.05) is 6.04 Å². The minimum atomic E-state index is 0.180. The number of rotatable bonds is 4. The molecule has 0 spiro atoms. The summed E-state index contributed by atoms with van der Waals surface area (Å²) in [5, 5.41) is 0.817. The maximum Gasteiger partial charge on any atom is 0.155 e. The fourth-order valence-corrected chi connectivity index (χ4v) is 3.09. The van der Waals surface area contributed by atoms with Gasteiger partial charge in [-0.25, -0.2) is 0 Å². The van der Waals surface area contributed by atoms with E-state index in [4.69, 9.17) is 5.73 Å². The molecule has 2 aromatic carbocycles. The van der Waals surface area contributed by atoms with Gasteiger partial charge in [0.2, 0.25) is 0 Å². The van der Waals surface area contributed by atoms with Crippen LogP contribution >= 0.6 is 11.8 Å². The van der Waals surface area contributed by atoms with Crippen LogP contribution in [0.4, 0.5) is 0 Å². The number of hydrogen-bond acceptors (Lipinski definition) is 2. The van der Waals surface area contributed by atoms with Crippen molar-refractivity contribution in [1.29, 1.82) is 0 Å². The van der Waals surface area contributed by atoms with Crippen molar-refractivity contribution in [2.75, 3.05) is 0 Å². The smallest absolute Gasteiger partial charge is 0.155 e. The lowest BCUT2D eigenvalue weighted by atomic mass is 10.0. The molecule has 0 aliphatic rings. The van der Waals surface area contributed by atoms with Gasteiger partial charge in [-0.15, -0.1) is 0 Å². The normalized spacial score (nSPS) is 12.1. The second-order valence-corrected chi connectivity index (χ2v) is 6.01. The van der Waals surface area contributed by atoms with Crippen LogP contribution in [0, 0.1) is 0 Å². The maximum absolute atomic E-state index is 6.06. The van der Waals surface area contributed by atoms with Gasteiger partial charge >= 0.3 is 0 Å². The molecule has 3 heteroatoms. The third kappa shape index (κ3) is 4.14. The van der Waals surface area contributed by atoms with Crippen LogP contribution in [-0.4, -0.2) is 11.2 Å². The third-order valence-electron chi connectivity index (χ3n) is 2.83. The monoisotopic (exact) mass is 284 g/mol. The molecule has 0 amide bonds. The molecule has 2 nitrogen and oxygen atoms in total. The van der Waals surface area contributed by atoms with Crippen molar-refractivity contribution < 1.29 is 0 Å². The van der Waals surface area contributed by atoms with Gasteiger partial charge in [0.15, 0.2) is 5.17 Å². The fourth-order valence-electron chi connectivity index (χ4n) is 1.99. The van der Waals surface area contributed by atoms with Crippen LogP contribution in [0.25, 0.3) is 0 Å². The summed E-state index contributed by atoms with van der Waals surface area (Å²) in [5.41, 5.74) is 8.55. The SMILES string of the molecule is CC(C)N=C(N)SC(c1ccccc1)c1ccccc1. The van der Waals surface area contributed by atoms with E-state index in [9.17, 15) is 0 Å². The zero-order chi connectivity index (χ0) is 14.4. The number of hydrogen-bond donors (Lipinski definition) is 1. The molecule has 0 atom stereocenters. The molecule has 0 heterocycles. The van der Waals surface area contributed by atoms with Crippen molar-refractivity contribution in [1.82, 2.24) is 0 Å². The first-order valence-electron chi connectivity index (χ1n) is 6.76. The lowest BCUT2D eigenvalue weighted by Crippen LogP contribution is -2.13. The van der Waals surface area contributed by atoms with E-state index in [1.807, 2.05) is 26.0 Å². The number of benzene rings is 2. The highest BCUT2D eigenvalue weighted by Crippen LogP contribution is 2.35. The van der Waals surface area contributed by atoms with Crippen molar-refractivity contribution in [3.63, 3.8) is 0 Å². The predicted octanol–water partition coefficient (Wildman–Crippen LogP) is 4.23. The molecule has 0 aromatic heterocycles. The van der Waals surface area contributed by atoms with E-state index in [-0.39, 0.29) is 11.3 Å². The molecular formula is C17H20N2S. The standard InChI is InChI=1S/C17H20N2S/c1-13(2)19-17(18)20-16(14-9-5-3-6-10-14)15-11-7-4-8-12-15/h3-13,16H,1-2H3,(H2,18,19). The quantitative estimate of drug-likeness (QED) is 0.674. The predicted molar refractivity (Wildman–Crippen MR) is 89.1 cm³/mol. The molecule has 20 heavy (non-hydrogen) atoms. The highest BCUT2D eigenvalue weighted by Gasteiger charge is 2.16. The van der Waals surface area contributed by atoms with Crippen LogP contribution in [0.3, 0.4) is 0 Å². The lowest BCUT2D eigenvalue weighted by Gasteiger charge is -2.17. The second kappa shape index (κ2) is 7.15. The Morgan fingerprint density at radius 1 is 0.900 bits per heavy atom. The van der Waals surface area contributed by atoms with Crippen molar-refractivity contribution in [2.24, 2.45) is 10.7 Å². The molecule has 0 saturated carbocycles. The molecule has 0 fully saturated rings. The maximum atomic E-state index is 6.06. The Morgan fingerprint density at radius 2 is 1.35 bits per heavy atom. The average molecular weight is 284 g/mol. The molecule has 2 N–H and O–H groups in total. The van der Waals surface area contributed by atoms with E-state index in [0.29, 0.717) is 5.17 Å². The van der Waals surface area contributed by atoms with Crippen LogP contribution in [-0.2, 0) is 0 Å². The molecule has 0 bridgehead atoms. The summed E-state index contributed by atoms with van der Waals surface area (Å²) >= 11 is 1.61. The Kier molecular flexibility index (Phi) is 5.24. The highest BCUT2D eigenvalue weighted by atomic mass is 32.2. The van der Waals surface area contributed by atoms with Gasteiger partial charge in [0.25, 0.3) is 0 Å². The summed E-state index contributed by atoms with van der Waals surface area (Å²) in [7, 11) is 0. The largest absolute Gasteiger partial charge is 0.379 e. The first kappa shape index (κ1) is 14.7. The van der Waals surface area contributed by atoms with Crippen molar-refractivity contribution in [3.8, 4) is 0 Å². The van der Waals surface area contributed by atoms with E-state index < -0.39 is 0 Å². The van der Waals surface area contributed by atoms with E-state index in [1.54, 1.807) is 11.8 Å². The summed E-state index contributed by atoms with van der Waals surface area (Å²) in [6, 6.07) is 21.0. The molecular weight excluding hydrogens is 264 g/mol. The minimum absolute atomic E-state index is 0.180. The van der Waals surface area contributed by atoms with E-state index >= 15 is 0 Å². The molecule has 0 aliphatic heterocycles. The zero-order valence-electron chi connectivity index (χ0n) is 11.9. The topological polar surface area (TPSA) is 38.4 Å². The second-order valence-electron chi connectivity index (χ2n) is 4.88. The Bertz CT molecular complexity index is 510. The van der Waals surface area contributed by atoms with Gasteiger partial charge in [0.05, 0.1) is 5.25 Å². The summed E-state index contributed by atoms with van der Waals surface area (Å²) in [4.78, 5) is 4.43. The van der Waals surface area contributed by atoms with Gasteiger partial charge in [0.1, 0.15) is 0 Å². The van der Waals surface area contributed by atoms with Crippen molar-refractivity contribution in [2.45, 2.75) is 25.1 Å². The van der Waals surface area contributed by atoms with Crippen LogP contribution in [0.2, 0.25) is 0 Å². The van der Waals surface area contributed by atoms with Crippen LogP contribution in [0.1, 0.15) is 30.2 Å². The van der Waals surface area contributed by atoms with Gasteiger partial charge in [-0.1, -0.05) is 72.4 Å². The molecule has 0 unspecified atom stereocenters. The highest BCUT2D eigenvalue weighted by molar-refractivity contribution is 8.14. The summed E-state index contributed by atoms with van der Waals surface area (Å²) < 4.78 is 0. The zero-order valence-corrected chi connectivity index (χ0v) is 12.7. The summed E-state index contributed by atoms with van der Waals surface area (Å²) in [6.07, 6.45) is 0. The summed E-state index contributed by atoms with van der Waals surface area (Å²) in [6.45, 7) is 4.07. The molecule has 2 rings (SSSR count). The van der Waals surface area contributed by atoms with Crippen LogP contribution < -0.4 is 5.73 Å². The van der Waals surface area contributed by atoms with Gasteiger partial charge in [-0.3, -0.25) is 4.99 Å². The number of amidine groups is 1. The van der Waals surface area contributed by atoms with E-state index in [2.05, 4.69) is 53.5 Å². The Labute approximate surface area is 125 Å². The van der Waals surface area contributed by atoms with E-state index in [0.717, 1.165) is 0 Å². The molecule has 0 aliphatic carbocycles. The minimum Gasteiger partial charge on any atom is -0.379 e. The molecule has 104 valence electrons. The Hall–Kier alpha value is -1.74. The lowest BCUT2D eigenvalue weighted by molar-refractivity contribution is 0.837. The van der Waals surface area contributed by atoms with Gasteiger partial charge in [-0.05, 0) is 25.0 Å². The first-order valence-corrected chi connectivity index (χ1v) is 7.64. The average Bonchev–Trinajstić information content (AvgIpc) is 2.46. The van der Waals surface area contributed by atoms with Crippen LogP contribution in [0.5, 0.6) is 0 Å². The third-order valence-corrected chi connectivity index (χ3v) is 3.96. The number of aliphatic imine (C=N–C) groups is 1. The molecule has 2 aromatic rings. The number of thioether (sulfide) groups is 1. The Morgan fingerprint density at radius 3 is 1.75 bits per heavy atom. The van der Waals surface area contributed by atoms with Crippen molar-refractivity contribution >= 4 is 16.9 Å². The van der Waals surface area contributed by atoms with Crippen LogP contribution in [0.15, 0.2) is 65.7 Å². The first-order chi connectivity index (χ1) is 9.66. The molecule has 0 saturated heterocycles. The summed E-state index contributed by atoms with van der Waals surface area (Å²) in [5.74, 6) is 0. The molecule has 0 radical (unpaired) electrons. The van der Waals surface area contributed by atoms with Gasteiger partial charge in [-0.2, -0.15) is 0 Å². The van der Waals surface area contributed by atoms with Crippen molar-refractivity contribution in [3.05, 3.63) is 71.8 Å². The Balaban J connectivity index is 2.31. The fraction of sp³-hybridized carbons (Fsp3) is 0.235. The number of nitrogens with zero attached hydrogens (tertiary/aromatic N) is 1. The number of nitrogens with two attached hydrogens (primary N) is 1. The van der Waals surface area contributed by atoms with Gasteiger partial charge < -0.3 is 5.73 Å².